The molecule has 0 saturated carbocycles. The highest BCUT2D eigenvalue weighted by Gasteiger charge is 2.09. The smallest absolute Gasteiger partial charge is 0.0593 e. The minimum absolute atomic E-state index is 0.237. The second kappa shape index (κ2) is 6.44. The van der Waals surface area contributed by atoms with E-state index in [9.17, 15) is 0 Å². The van der Waals surface area contributed by atoms with Gasteiger partial charge in [-0.05, 0) is 52.5 Å². The molecule has 100 valence electrons. The molecule has 0 spiro atoms. The number of rotatable bonds is 4. The van der Waals surface area contributed by atoms with E-state index in [2.05, 4.69) is 59.4 Å². The van der Waals surface area contributed by atoms with Crippen molar-refractivity contribution in [1.82, 2.24) is 0 Å². The Kier molecular flexibility index (Phi) is 4.89. The van der Waals surface area contributed by atoms with Crippen LogP contribution in [0.4, 0.5) is 5.69 Å². The molecule has 2 aromatic carbocycles. The predicted molar refractivity (Wildman–Crippen MR) is 87.0 cm³/mol. The zero-order valence-corrected chi connectivity index (χ0v) is 13.4. The largest absolute Gasteiger partial charge is 0.378 e. The molecule has 0 aliphatic carbocycles. The Morgan fingerprint density at radius 2 is 1.84 bits per heavy atom. The molecule has 19 heavy (non-hydrogen) atoms. The van der Waals surface area contributed by atoms with Crippen LogP contribution in [0.15, 0.2) is 46.9 Å². The summed E-state index contributed by atoms with van der Waals surface area (Å²) in [5, 5.41) is 4.19. The summed E-state index contributed by atoms with van der Waals surface area (Å²) in [6, 6.07) is 14.8. The lowest BCUT2D eigenvalue weighted by Gasteiger charge is -2.17. The highest BCUT2D eigenvalue weighted by molar-refractivity contribution is 9.10. The van der Waals surface area contributed by atoms with Gasteiger partial charge in [-0.3, -0.25) is 0 Å². The van der Waals surface area contributed by atoms with Crippen molar-refractivity contribution in [1.29, 1.82) is 0 Å². The molecule has 0 bridgehead atoms. The fourth-order valence-corrected chi connectivity index (χ4v) is 2.53. The number of aryl methyl sites for hydroxylation is 1. The maximum absolute atomic E-state index is 6.10. The van der Waals surface area contributed by atoms with E-state index in [0.29, 0.717) is 0 Å². The average Bonchev–Trinajstić information content (AvgIpc) is 2.44. The SMILES string of the molecule is CCc1ccc(C(C)Nc2cccc(Cl)c2Br)cc1. The van der Waals surface area contributed by atoms with Crippen LogP contribution in [0.5, 0.6) is 0 Å². The summed E-state index contributed by atoms with van der Waals surface area (Å²) < 4.78 is 0.911. The molecule has 0 saturated heterocycles. The van der Waals surface area contributed by atoms with Crippen LogP contribution in [0.1, 0.15) is 31.0 Å². The van der Waals surface area contributed by atoms with Gasteiger partial charge in [0.2, 0.25) is 0 Å². The van der Waals surface area contributed by atoms with Crippen molar-refractivity contribution in [3.8, 4) is 0 Å². The number of benzene rings is 2. The quantitative estimate of drug-likeness (QED) is 0.738. The first-order valence-corrected chi connectivity index (χ1v) is 7.58. The van der Waals surface area contributed by atoms with E-state index in [4.69, 9.17) is 11.6 Å². The Morgan fingerprint density at radius 1 is 1.16 bits per heavy atom. The van der Waals surface area contributed by atoms with Crippen LogP contribution >= 0.6 is 27.5 Å². The number of nitrogens with one attached hydrogen (secondary N) is 1. The molecule has 0 fully saturated rings. The highest BCUT2D eigenvalue weighted by Crippen LogP contribution is 2.32. The van der Waals surface area contributed by atoms with Crippen LogP contribution in [-0.2, 0) is 6.42 Å². The standard InChI is InChI=1S/C16H17BrClN/c1-3-12-7-9-13(10-8-12)11(2)19-15-6-4-5-14(18)16(15)17/h4-11,19H,3H2,1-2H3. The first kappa shape index (κ1) is 14.4. The molecule has 0 heterocycles. The Morgan fingerprint density at radius 3 is 2.47 bits per heavy atom. The maximum Gasteiger partial charge on any atom is 0.0593 e. The third-order valence-corrected chi connectivity index (χ3v) is 4.61. The molecule has 2 rings (SSSR count). The first-order valence-electron chi connectivity index (χ1n) is 6.41. The Balaban J connectivity index is 2.15. The van der Waals surface area contributed by atoms with Gasteiger partial charge in [-0.25, -0.2) is 0 Å². The molecule has 0 radical (unpaired) electrons. The molecule has 1 N–H and O–H groups in total. The Labute approximate surface area is 128 Å². The Bertz CT molecular complexity index is 551. The van der Waals surface area contributed by atoms with Gasteiger partial charge in [0, 0.05) is 6.04 Å². The van der Waals surface area contributed by atoms with Gasteiger partial charge in [-0.2, -0.15) is 0 Å². The zero-order chi connectivity index (χ0) is 13.8. The molecule has 1 nitrogen and oxygen atoms in total. The van der Waals surface area contributed by atoms with Crippen LogP contribution in [0.3, 0.4) is 0 Å². The molecule has 1 atom stereocenters. The van der Waals surface area contributed by atoms with Gasteiger partial charge < -0.3 is 5.32 Å². The zero-order valence-electron chi connectivity index (χ0n) is 11.1. The fourth-order valence-electron chi connectivity index (χ4n) is 1.97. The first-order chi connectivity index (χ1) is 9.11. The van der Waals surface area contributed by atoms with Gasteiger partial charge in [0.1, 0.15) is 0 Å². The summed E-state index contributed by atoms with van der Waals surface area (Å²) in [7, 11) is 0. The maximum atomic E-state index is 6.10. The Hall–Kier alpha value is -0.990. The van der Waals surface area contributed by atoms with Crippen LogP contribution < -0.4 is 5.32 Å². The third-order valence-electron chi connectivity index (χ3n) is 3.21. The lowest BCUT2D eigenvalue weighted by Crippen LogP contribution is -2.07. The normalized spacial score (nSPS) is 12.2. The van der Waals surface area contributed by atoms with Crippen LogP contribution in [0.25, 0.3) is 0 Å². The van der Waals surface area contributed by atoms with Crippen molar-refractivity contribution in [3.05, 3.63) is 63.1 Å². The number of hydrogen-bond acceptors (Lipinski definition) is 1. The lowest BCUT2D eigenvalue weighted by atomic mass is 10.0. The molecule has 2 aromatic rings. The predicted octanol–water partition coefficient (Wildman–Crippen LogP) is 5.84. The highest BCUT2D eigenvalue weighted by atomic mass is 79.9. The molecular formula is C16H17BrClN. The number of anilines is 1. The van der Waals surface area contributed by atoms with Gasteiger partial charge >= 0.3 is 0 Å². The van der Waals surface area contributed by atoms with E-state index in [1.807, 2.05) is 18.2 Å². The van der Waals surface area contributed by atoms with Crippen molar-refractivity contribution in [3.63, 3.8) is 0 Å². The van der Waals surface area contributed by atoms with Crippen molar-refractivity contribution in [2.24, 2.45) is 0 Å². The van der Waals surface area contributed by atoms with E-state index >= 15 is 0 Å². The van der Waals surface area contributed by atoms with Gasteiger partial charge in [0.25, 0.3) is 0 Å². The second-order valence-electron chi connectivity index (χ2n) is 4.56. The molecule has 1 unspecified atom stereocenters. The number of hydrogen-bond donors (Lipinski definition) is 1. The van der Waals surface area contributed by atoms with Gasteiger partial charge in [0.05, 0.1) is 15.2 Å². The number of halogens is 2. The molecular weight excluding hydrogens is 322 g/mol. The van der Waals surface area contributed by atoms with Gasteiger partial charge in [-0.1, -0.05) is 48.9 Å². The van der Waals surface area contributed by atoms with E-state index < -0.39 is 0 Å². The van der Waals surface area contributed by atoms with Crippen molar-refractivity contribution in [2.75, 3.05) is 5.32 Å². The monoisotopic (exact) mass is 337 g/mol. The summed E-state index contributed by atoms with van der Waals surface area (Å²) in [6.07, 6.45) is 1.07. The average molecular weight is 339 g/mol. The van der Waals surface area contributed by atoms with Crippen LogP contribution in [0, 0.1) is 0 Å². The van der Waals surface area contributed by atoms with Crippen LogP contribution in [0.2, 0.25) is 5.02 Å². The second-order valence-corrected chi connectivity index (χ2v) is 5.76. The fraction of sp³-hybridized carbons (Fsp3) is 0.250. The summed E-state index contributed by atoms with van der Waals surface area (Å²) in [6.45, 7) is 4.31. The summed E-state index contributed by atoms with van der Waals surface area (Å²) >= 11 is 9.61. The lowest BCUT2D eigenvalue weighted by molar-refractivity contribution is 0.881. The van der Waals surface area contributed by atoms with E-state index in [1.165, 1.54) is 11.1 Å². The molecule has 0 aromatic heterocycles. The van der Waals surface area contributed by atoms with Crippen molar-refractivity contribution >= 4 is 33.2 Å². The van der Waals surface area contributed by atoms with Gasteiger partial charge in [-0.15, -0.1) is 0 Å². The van der Waals surface area contributed by atoms with E-state index in [1.54, 1.807) is 0 Å². The third kappa shape index (κ3) is 3.52. The molecule has 0 amide bonds. The van der Waals surface area contributed by atoms with Crippen molar-refractivity contribution < 1.29 is 0 Å². The van der Waals surface area contributed by atoms with E-state index in [0.717, 1.165) is 21.6 Å². The van der Waals surface area contributed by atoms with Crippen molar-refractivity contribution in [2.45, 2.75) is 26.3 Å². The minimum atomic E-state index is 0.237. The molecule has 0 aliphatic heterocycles. The van der Waals surface area contributed by atoms with Crippen LogP contribution in [-0.4, -0.2) is 0 Å². The summed E-state index contributed by atoms with van der Waals surface area (Å²) in [5.74, 6) is 0. The minimum Gasteiger partial charge on any atom is -0.378 e. The molecule has 0 aliphatic rings. The van der Waals surface area contributed by atoms with E-state index in [-0.39, 0.29) is 6.04 Å². The molecule has 3 heteroatoms. The topological polar surface area (TPSA) is 12.0 Å². The van der Waals surface area contributed by atoms with Gasteiger partial charge in [0.15, 0.2) is 0 Å². The summed E-state index contributed by atoms with van der Waals surface area (Å²) in [5.41, 5.74) is 3.64. The summed E-state index contributed by atoms with van der Waals surface area (Å²) in [4.78, 5) is 0.